The fourth-order valence-corrected chi connectivity index (χ4v) is 3.18. The Kier molecular flexibility index (Phi) is 3.90. The normalized spacial score (nSPS) is 25.6. The lowest BCUT2D eigenvalue weighted by Gasteiger charge is -2.19. The van der Waals surface area contributed by atoms with E-state index in [1.165, 1.54) is 50.9 Å². The van der Waals surface area contributed by atoms with Gasteiger partial charge >= 0.3 is 0 Å². The van der Waals surface area contributed by atoms with Crippen LogP contribution in [0.3, 0.4) is 0 Å². The summed E-state index contributed by atoms with van der Waals surface area (Å²) in [6.45, 7) is 7.15. The summed E-state index contributed by atoms with van der Waals surface area (Å²) in [4.78, 5) is 2.58. The summed E-state index contributed by atoms with van der Waals surface area (Å²) in [5.74, 6) is 0. The van der Waals surface area contributed by atoms with E-state index in [1.807, 2.05) is 0 Å². The Bertz CT molecular complexity index is 397. The number of nitrogens with one attached hydrogen (secondary N) is 1. The Hall–Kier alpha value is -0.860. The molecule has 0 spiro atoms. The van der Waals surface area contributed by atoms with Gasteiger partial charge in [-0.05, 0) is 36.7 Å². The van der Waals surface area contributed by atoms with Gasteiger partial charge in [0.25, 0.3) is 0 Å². The van der Waals surface area contributed by atoms with Crippen molar-refractivity contribution in [2.75, 3.05) is 19.6 Å². The molecule has 1 atom stereocenters. The highest BCUT2D eigenvalue weighted by Crippen LogP contribution is 2.48. The smallest absolute Gasteiger partial charge is 0.0234 e. The van der Waals surface area contributed by atoms with Gasteiger partial charge in [0, 0.05) is 32.2 Å². The highest BCUT2D eigenvalue weighted by Gasteiger charge is 2.40. The minimum absolute atomic E-state index is 0.673. The minimum Gasteiger partial charge on any atom is -0.312 e. The van der Waals surface area contributed by atoms with Crippen LogP contribution in [0.5, 0.6) is 0 Å². The summed E-state index contributed by atoms with van der Waals surface area (Å²) in [6, 6.07) is 11.6. The zero-order valence-corrected chi connectivity index (χ0v) is 12.1. The van der Waals surface area contributed by atoms with Gasteiger partial charge in [0.2, 0.25) is 0 Å². The summed E-state index contributed by atoms with van der Waals surface area (Å²) in [6.07, 6.45) is 5.54. The first-order chi connectivity index (χ1) is 9.30. The van der Waals surface area contributed by atoms with Gasteiger partial charge in [-0.3, -0.25) is 4.90 Å². The maximum atomic E-state index is 3.81. The second-order valence-corrected chi connectivity index (χ2v) is 6.44. The average Bonchev–Trinajstić information content (AvgIpc) is 3.11. The lowest BCUT2D eigenvalue weighted by Crippen LogP contribution is -2.36. The van der Waals surface area contributed by atoms with E-state index < -0.39 is 0 Å². The maximum Gasteiger partial charge on any atom is 0.0234 e. The summed E-state index contributed by atoms with van der Waals surface area (Å²) in [7, 11) is 0. The first-order valence-electron chi connectivity index (χ1n) is 7.79. The van der Waals surface area contributed by atoms with Crippen molar-refractivity contribution in [3.63, 3.8) is 0 Å². The largest absolute Gasteiger partial charge is 0.312 e. The lowest BCUT2D eigenvalue weighted by atomic mass is 10.0. The van der Waals surface area contributed by atoms with E-state index in [-0.39, 0.29) is 0 Å². The second kappa shape index (κ2) is 5.64. The number of benzene rings is 1. The van der Waals surface area contributed by atoms with Crippen molar-refractivity contribution in [3.05, 3.63) is 35.9 Å². The molecule has 19 heavy (non-hydrogen) atoms. The van der Waals surface area contributed by atoms with Crippen LogP contribution in [0.1, 0.15) is 38.2 Å². The van der Waals surface area contributed by atoms with Crippen LogP contribution in [-0.4, -0.2) is 30.6 Å². The van der Waals surface area contributed by atoms with Gasteiger partial charge in [-0.25, -0.2) is 0 Å². The van der Waals surface area contributed by atoms with Gasteiger partial charge in [-0.2, -0.15) is 0 Å². The number of hydrogen-bond acceptors (Lipinski definition) is 2. The van der Waals surface area contributed by atoms with Crippen LogP contribution < -0.4 is 5.32 Å². The average molecular weight is 258 g/mol. The number of likely N-dealkylation sites (tertiary alicyclic amines) is 1. The summed E-state index contributed by atoms with van der Waals surface area (Å²) >= 11 is 0. The monoisotopic (exact) mass is 258 g/mol. The molecule has 1 aliphatic heterocycles. The Morgan fingerprint density at radius 2 is 2.05 bits per heavy atom. The molecule has 1 N–H and O–H groups in total. The first kappa shape index (κ1) is 13.1. The van der Waals surface area contributed by atoms with Crippen molar-refractivity contribution in [2.45, 2.75) is 45.2 Å². The van der Waals surface area contributed by atoms with Crippen molar-refractivity contribution in [1.29, 1.82) is 0 Å². The zero-order chi connectivity index (χ0) is 13.1. The molecular formula is C17H26N2. The van der Waals surface area contributed by atoms with Gasteiger partial charge in [0.15, 0.2) is 0 Å². The molecule has 1 unspecified atom stereocenters. The Morgan fingerprint density at radius 1 is 1.26 bits per heavy atom. The van der Waals surface area contributed by atoms with Gasteiger partial charge in [0.1, 0.15) is 0 Å². The fourth-order valence-electron chi connectivity index (χ4n) is 3.18. The molecule has 1 saturated heterocycles. The van der Waals surface area contributed by atoms with Crippen LogP contribution in [0, 0.1) is 5.41 Å². The van der Waals surface area contributed by atoms with E-state index in [1.54, 1.807) is 0 Å². The van der Waals surface area contributed by atoms with Crippen molar-refractivity contribution in [1.82, 2.24) is 10.2 Å². The molecule has 0 bridgehead atoms. The van der Waals surface area contributed by atoms with Crippen molar-refractivity contribution < 1.29 is 0 Å². The SMILES string of the molecule is CCC1(CNC2CCN(Cc3ccccc3)C2)CC1. The fraction of sp³-hybridized carbons (Fsp3) is 0.647. The molecule has 2 nitrogen and oxygen atoms in total. The van der Waals surface area contributed by atoms with Crippen molar-refractivity contribution >= 4 is 0 Å². The van der Waals surface area contributed by atoms with E-state index in [2.05, 4.69) is 47.5 Å². The molecule has 1 aromatic carbocycles. The third kappa shape index (κ3) is 3.37. The molecule has 3 rings (SSSR count). The van der Waals surface area contributed by atoms with E-state index in [0.717, 1.165) is 6.54 Å². The second-order valence-electron chi connectivity index (χ2n) is 6.44. The van der Waals surface area contributed by atoms with Crippen LogP contribution in [-0.2, 0) is 6.54 Å². The molecule has 2 aliphatic rings. The molecule has 0 radical (unpaired) electrons. The predicted octanol–water partition coefficient (Wildman–Crippen LogP) is 3.04. The third-order valence-electron chi connectivity index (χ3n) is 4.99. The van der Waals surface area contributed by atoms with Crippen LogP contribution in [0.25, 0.3) is 0 Å². The Morgan fingerprint density at radius 3 is 2.74 bits per heavy atom. The van der Waals surface area contributed by atoms with E-state index in [9.17, 15) is 0 Å². The summed E-state index contributed by atoms with van der Waals surface area (Å²) in [5.41, 5.74) is 2.11. The van der Waals surface area contributed by atoms with Crippen LogP contribution in [0.15, 0.2) is 30.3 Å². The molecule has 1 aliphatic carbocycles. The molecule has 1 saturated carbocycles. The Balaban J connectivity index is 1.43. The summed E-state index contributed by atoms with van der Waals surface area (Å²) < 4.78 is 0. The van der Waals surface area contributed by atoms with Gasteiger partial charge in [-0.1, -0.05) is 37.3 Å². The van der Waals surface area contributed by atoms with E-state index >= 15 is 0 Å². The molecule has 104 valence electrons. The van der Waals surface area contributed by atoms with Crippen LogP contribution in [0.4, 0.5) is 0 Å². The van der Waals surface area contributed by atoms with Gasteiger partial charge < -0.3 is 5.32 Å². The standard InChI is InChI=1S/C17H26N2/c1-2-17(9-10-17)14-18-16-8-11-19(13-16)12-15-6-4-3-5-7-15/h3-7,16,18H,2,8-14H2,1H3. The molecule has 2 fully saturated rings. The molecule has 0 aromatic heterocycles. The quantitative estimate of drug-likeness (QED) is 0.843. The number of nitrogens with zero attached hydrogens (tertiary/aromatic N) is 1. The highest BCUT2D eigenvalue weighted by molar-refractivity contribution is 5.14. The lowest BCUT2D eigenvalue weighted by molar-refractivity contribution is 0.314. The van der Waals surface area contributed by atoms with Gasteiger partial charge in [-0.15, -0.1) is 0 Å². The number of hydrogen-bond donors (Lipinski definition) is 1. The van der Waals surface area contributed by atoms with E-state index in [0.29, 0.717) is 11.5 Å². The van der Waals surface area contributed by atoms with Crippen molar-refractivity contribution in [3.8, 4) is 0 Å². The van der Waals surface area contributed by atoms with Crippen LogP contribution >= 0.6 is 0 Å². The Labute approximate surface area is 117 Å². The zero-order valence-electron chi connectivity index (χ0n) is 12.1. The molecular weight excluding hydrogens is 232 g/mol. The minimum atomic E-state index is 0.673. The summed E-state index contributed by atoms with van der Waals surface area (Å²) in [5, 5.41) is 3.81. The van der Waals surface area contributed by atoms with Gasteiger partial charge in [0.05, 0.1) is 0 Å². The van der Waals surface area contributed by atoms with Crippen LogP contribution in [0.2, 0.25) is 0 Å². The maximum absolute atomic E-state index is 3.81. The number of rotatable bonds is 6. The predicted molar refractivity (Wildman–Crippen MR) is 80.1 cm³/mol. The molecule has 2 heteroatoms. The third-order valence-corrected chi connectivity index (χ3v) is 4.99. The highest BCUT2D eigenvalue weighted by atomic mass is 15.2. The van der Waals surface area contributed by atoms with Crippen molar-refractivity contribution in [2.24, 2.45) is 5.41 Å². The van der Waals surface area contributed by atoms with E-state index in [4.69, 9.17) is 0 Å². The molecule has 0 amide bonds. The topological polar surface area (TPSA) is 15.3 Å². The first-order valence-corrected chi connectivity index (χ1v) is 7.79. The molecule has 1 heterocycles. The molecule has 1 aromatic rings.